The zero-order valence-electron chi connectivity index (χ0n) is 22.2. The molecule has 0 aromatic carbocycles. The normalized spacial score (nSPS) is 16.4. The van der Waals surface area contributed by atoms with Gasteiger partial charge in [0.1, 0.15) is 10.9 Å². The third kappa shape index (κ3) is 5.61. The second-order valence-electron chi connectivity index (χ2n) is 9.42. The number of aryl methyl sites for hydroxylation is 1. The number of rotatable bonds is 6. The third-order valence-corrected chi connectivity index (χ3v) is 7.09. The molecule has 202 valence electrons. The number of anilines is 2. The van der Waals surface area contributed by atoms with E-state index < -0.39 is 0 Å². The van der Waals surface area contributed by atoms with Crippen molar-refractivity contribution in [3.63, 3.8) is 0 Å². The molecule has 3 aromatic rings. The topological polar surface area (TPSA) is 122 Å². The molecule has 11 heteroatoms. The summed E-state index contributed by atoms with van der Waals surface area (Å²) in [7, 11) is 1.61. The highest BCUT2D eigenvalue weighted by Crippen LogP contribution is 2.41. The Balaban J connectivity index is 1.40. The number of carbonyl (C=O) groups excluding carboxylic acids is 1. The van der Waals surface area contributed by atoms with Crippen LogP contribution < -0.4 is 15.4 Å². The Kier molecular flexibility index (Phi) is 7.84. The van der Waals surface area contributed by atoms with E-state index >= 15 is 0 Å². The maximum Gasteiger partial charge on any atom is 0.260 e. The number of H-pyrrole nitrogens is 1. The number of nitrogens with two attached hydrogens (primary N) is 1. The molecule has 0 unspecified atom stereocenters. The summed E-state index contributed by atoms with van der Waals surface area (Å²) in [6.07, 6.45) is 6.05. The number of morpholine rings is 1. The lowest BCUT2D eigenvalue weighted by molar-refractivity contribution is -0.113. The van der Waals surface area contributed by atoms with Crippen LogP contribution >= 0.6 is 11.6 Å². The molecule has 1 saturated heterocycles. The number of nitrogens with zero attached hydrogens (tertiary/aromatic N) is 5. The Morgan fingerprint density at radius 2 is 2.08 bits per heavy atom. The van der Waals surface area contributed by atoms with E-state index in [0.29, 0.717) is 28.3 Å². The van der Waals surface area contributed by atoms with Gasteiger partial charge in [-0.05, 0) is 26.0 Å². The van der Waals surface area contributed by atoms with Crippen LogP contribution in [0.3, 0.4) is 0 Å². The molecule has 3 N–H and O–H groups in total. The quantitative estimate of drug-likeness (QED) is 0.274. The highest BCUT2D eigenvalue weighted by Gasteiger charge is 2.37. The van der Waals surface area contributed by atoms with Gasteiger partial charge in [-0.25, -0.2) is 4.98 Å². The molecule has 0 radical (unpaired) electrons. The standard InChI is InChI=1S/C28H30ClN7O3/c1-17-14-32-22(18(2)24(17)38-3)16-36-26-23(25(29)33-28(30)34-26)21(27(36)37)13-20-12-19(15-31-20)6-4-5-7-35-8-10-39-11-9-35/h12-15,31H,5,7-11,16H2,1-3H3,(H2,30,33,34)/b21-13-. The van der Waals surface area contributed by atoms with Gasteiger partial charge in [-0.1, -0.05) is 23.4 Å². The van der Waals surface area contributed by atoms with Gasteiger partial charge in [-0.3, -0.25) is 19.6 Å². The van der Waals surface area contributed by atoms with Crippen LogP contribution in [0.25, 0.3) is 11.6 Å². The van der Waals surface area contributed by atoms with Gasteiger partial charge >= 0.3 is 0 Å². The Labute approximate surface area is 232 Å². The molecule has 1 amide bonds. The molecule has 10 nitrogen and oxygen atoms in total. The number of ether oxygens (including phenoxy) is 2. The number of nitrogen functional groups attached to an aromatic ring is 1. The summed E-state index contributed by atoms with van der Waals surface area (Å²) in [6, 6.07) is 1.90. The first kappa shape index (κ1) is 26.7. The van der Waals surface area contributed by atoms with E-state index in [9.17, 15) is 4.79 Å². The van der Waals surface area contributed by atoms with E-state index in [2.05, 4.69) is 36.7 Å². The van der Waals surface area contributed by atoms with Gasteiger partial charge in [0.2, 0.25) is 5.95 Å². The number of pyridine rings is 1. The average molecular weight is 548 g/mol. The van der Waals surface area contributed by atoms with Crippen molar-refractivity contribution < 1.29 is 14.3 Å². The first-order chi connectivity index (χ1) is 18.9. The Hall–Kier alpha value is -3.91. The zero-order chi connectivity index (χ0) is 27.5. The number of aromatic amines is 1. The molecule has 2 aliphatic rings. The fraction of sp³-hybridized carbons (Fsp3) is 0.357. The number of nitrogens with one attached hydrogen (secondary N) is 1. The molecule has 5 heterocycles. The van der Waals surface area contributed by atoms with Crippen LogP contribution in [0.2, 0.25) is 5.15 Å². The molecule has 1 fully saturated rings. The fourth-order valence-corrected chi connectivity index (χ4v) is 5.07. The van der Waals surface area contributed by atoms with Gasteiger partial charge in [0.15, 0.2) is 5.82 Å². The molecule has 0 spiro atoms. The highest BCUT2D eigenvalue weighted by molar-refractivity contribution is 6.41. The van der Waals surface area contributed by atoms with E-state index in [1.54, 1.807) is 19.4 Å². The minimum Gasteiger partial charge on any atom is -0.496 e. The van der Waals surface area contributed by atoms with Crippen molar-refractivity contribution >= 4 is 40.9 Å². The third-order valence-electron chi connectivity index (χ3n) is 6.82. The van der Waals surface area contributed by atoms with Crippen LogP contribution in [0.5, 0.6) is 5.75 Å². The average Bonchev–Trinajstić information content (AvgIpc) is 3.47. The molecular weight excluding hydrogens is 518 g/mol. The Morgan fingerprint density at radius 1 is 1.28 bits per heavy atom. The van der Waals surface area contributed by atoms with E-state index in [1.807, 2.05) is 26.1 Å². The molecule has 2 aliphatic heterocycles. The SMILES string of the molecule is COc1c(C)cnc(CN2C(=O)/C(=C\c3cc(C#CCCN4CCOCC4)c[nH]3)c3c(Cl)nc(N)nc32)c1C. The minimum atomic E-state index is -0.278. The predicted octanol–water partition coefficient (Wildman–Crippen LogP) is 3.22. The number of carbonyl (C=O) groups is 1. The molecule has 0 saturated carbocycles. The number of hydrogen-bond donors (Lipinski definition) is 2. The molecule has 39 heavy (non-hydrogen) atoms. The number of methoxy groups -OCH3 is 1. The highest BCUT2D eigenvalue weighted by atomic mass is 35.5. The van der Waals surface area contributed by atoms with E-state index in [0.717, 1.165) is 61.7 Å². The van der Waals surface area contributed by atoms with Crippen molar-refractivity contribution in [1.82, 2.24) is 24.8 Å². The van der Waals surface area contributed by atoms with Crippen molar-refractivity contribution in [2.24, 2.45) is 0 Å². The van der Waals surface area contributed by atoms with Crippen LogP contribution in [-0.4, -0.2) is 70.7 Å². The smallest absolute Gasteiger partial charge is 0.260 e. The Morgan fingerprint density at radius 3 is 2.85 bits per heavy atom. The number of fused-ring (bicyclic) bond motifs is 1. The monoisotopic (exact) mass is 547 g/mol. The van der Waals surface area contributed by atoms with Crippen molar-refractivity contribution in [2.75, 3.05) is 50.6 Å². The van der Waals surface area contributed by atoms with Gasteiger partial charge in [-0.2, -0.15) is 4.98 Å². The lowest BCUT2D eigenvalue weighted by atomic mass is 10.1. The van der Waals surface area contributed by atoms with Crippen molar-refractivity contribution in [3.8, 4) is 17.6 Å². The lowest BCUT2D eigenvalue weighted by Crippen LogP contribution is -2.36. The molecule has 0 atom stereocenters. The van der Waals surface area contributed by atoms with Crippen LogP contribution in [0.1, 0.15) is 40.1 Å². The van der Waals surface area contributed by atoms with Gasteiger partial charge in [0.05, 0.1) is 43.7 Å². The van der Waals surface area contributed by atoms with E-state index in [1.165, 1.54) is 4.90 Å². The molecule has 0 bridgehead atoms. The minimum absolute atomic E-state index is 0.0153. The maximum atomic E-state index is 13.7. The van der Waals surface area contributed by atoms with Gasteiger partial charge in [0, 0.05) is 60.8 Å². The van der Waals surface area contributed by atoms with Gasteiger partial charge in [-0.15, -0.1) is 0 Å². The van der Waals surface area contributed by atoms with Crippen LogP contribution in [-0.2, 0) is 16.1 Å². The Bertz CT molecular complexity index is 1500. The van der Waals surface area contributed by atoms with Crippen molar-refractivity contribution in [1.29, 1.82) is 0 Å². The fourth-order valence-electron chi connectivity index (χ4n) is 4.80. The molecular formula is C28H30ClN7O3. The summed E-state index contributed by atoms with van der Waals surface area (Å²) in [5, 5.41) is 0.112. The number of amides is 1. The van der Waals surface area contributed by atoms with Crippen molar-refractivity contribution in [2.45, 2.75) is 26.8 Å². The summed E-state index contributed by atoms with van der Waals surface area (Å²) in [6.45, 7) is 8.37. The van der Waals surface area contributed by atoms with Crippen LogP contribution in [0.15, 0.2) is 18.5 Å². The summed E-state index contributed by atoms with van der Waals surface area (Å²) >= 11 is 6.49. The summed E-state index contributed by atoms with van der Waals surface area (Å²) < 4.78 is 10.9. The predicted molar refractivity (Wildman–Crippen MR) is 150 cm³/mol. The summed E-state index contributed by atoms with van der Waals surface area (Å²) in [5.41, 5.74) is 10.7. The molecule has 5 rings (SSSR count). The van der Waals surface area contributed by atoms with Crippen LogP contribution in [0, 0.1) is 25.7 Å². The first-order valence-electron chi connectivity index (χ1n) is 12.7. The second-order valence-corrected chi connectivity index (χ2v) is 9.77. The van der Waals surface area contributed by atoms with Gasteiger partial charge in [0.25, 0.3) is 5.91 Å². The molecule has 0 aliphatic carbocycles. The van der Waals surface area contributed by atoms with Gasteiger partial charge < -0.3 is 20.2 Å². The van der Waals surface area contributed by atoms with Crippen molar-refractivity contribution in [3.05, 3.63) is 57.3 Å². The van der Waals surface area contributed by atoms with E-state index in [4.69, 9.17) is 26.8 Å². The largest absolute Gasteiger partial charge is 0.496 e. The number of halogens is 1. The zero-order valence-corrected chi connectivity index (χ0v) is 22.9. The van der Waals surface area contributed by atoms with Crippen LogP contribution in [0.4, 0.5) is 11.8 Å². The first-order valence-corrected chi connectivity index (χ1v) is 13.1. The maximum absolute atomic E-state index is 13.7. The number of aromatic nitrogens is 4. The summed E-state index contributed by atoms with van der Waals surface area (Å²) in [5.74, 6) is 7.20. The second kappa shape index (κ2) is 11.5. The van der Waals surface area contributed by atoms with E-state index in [-0.39, 0.29) is 23.6 Å². The number of hydrogen-bond acceptors (Lipinski definition) is 8. The molecule has 3 aromatic heterocycles. The lowest BCUT2D eigenvalue weighted by Gasteiger charge is -2.25. The summed E-state index contributed by atoms with van der Waals surface area (Å²) in [4.78, 5) is 33.8.